The van der Waals surface area contributed by atoms with Gasteiger partial charge in [-0.1, -0.05) is 0 Å². The lowest BCUT2D eigenvalue weighted by Crippen LogP contribution is -2.43. The zero-order valence-corrected chi connectivity index (χ0v) is 16.5. The Labute approximate surface area is 150 Å². The standard InChI is InChI=1S/C14H25N3O3S.HI/c1-4-15-14(16-9-7-13-6-5-10-20-13)17-12(2)8-11-21(3,18)19;/h5-6,10,12H,4,7-9,11H2,1-3H3,(H2,15,16,17);1H. The first-order valence-electron chi connectivity index (χ1n) is 7.15. The third-order valence-corrected chi connectivity index (χ3v) is 3.83. The summed E-state index contributed by atoms with van der Waals surface area (Å²) in [6.45, 7) is 5.31. The number of guanidine groups is 1. The normalized spacial score (nSPS) is 13.3. The molecule has 22 heavy (non-hydrogen) atoms. The van der Waals surface area contributed by atoms with Crippen LogP contribution in [0.4, 0.5) is 0 Å². The highest BCUT2D eigenvalue weighted by Crippen LogP contribution is 2.01. The van der Waals surface area contributed by atoms with Crippen molar-refractivity contribution < 1.29 is 12.8 Å². The molecule has 0 saturated carbocycles. The molecule has 1 aromatic rings. The van der Waals surface area contributed by atoms with Gasteiger partial charge in [-0.05, 0) is 32.4 Å². The molecule has 0 bridgehead atoms. The maximum absolute atomic E-state index is 11.2. The number of aliphatic imine (C=N–C) groups is 1. The van der Waals surface area contributed by atoms with Crippen LogP contribution in [0.15, 0.2) is 27.8 Å². The van der Waals surface area contributed by atoms with Crippen LogP contribution in [-0.2, 0) is 16.3 Å². The minimum absolute atomic E-state index is 0. The molecule has 0 aromatic carbocycles. The SMILES string of the molecule is CCNC(=NCCc1ccco1)NC(C)CCS(C)(=O)=O.I. The Kier molecular flexibility index (Phi) is 10.5. The van der Waals surface area contributed by atoms with E-state index in [2.05, 4.69) is 15.6 Å². The Morgan fingerprint density at radius 3 is 2.73 bits per heavy atom. The van der Waals surface area contributed by atoms with E-state index in [4.69, 9.17) is 4.42 Å². The van der Waals surface area contributed by atoms with Crippen molar-refractivity contribution in [2.75, 3.05) is 25.1 Å². The molecule has 1 aromatic heterocycles. The zero-order chi connectivity index (χ0) is 15.7. The van der Waals surface area contributed by atoms with Crippen LogP contribution in [0.3, 0.4) is 0 Å². The van der Waals surface area contributed by atoms with Crippen molar-refractivity contribution in [3.05, 3.63) is 24.2 Å². The summed E-state index contributed by atoms with van der Waals surface area (Å²) in [5.74, 6) is 1.78. The summed E-state index contributed by atoms with van der Waals surface area (Å²) in [7, 11) is -2.93. The molecule has 8 heteroatoms. The molecule has 0 aliphatic heterocycles. The van der Waals surface area contributed by atoms with E-state index in [1.807, 2.05) is 26.0 Å². The third kappa shape index (κ3) is 10.0. The van der Waals surface area contributed by atoms with Gasteiger partial charge in [0, 0.05) is 31.8 Å². The van der Waals surface area contributed by atoms with Gasteiger partial charge in [-0.2, -0.15) is 0 Å². The number of nitrogens with zero attached hydrogens (tertiary/aromatic N) is 1. The van der Waals surface area contributed by atoms with E-state index in [-0.39, 0.29) is 35.8 Å². The van der Waals surface area contributed by atoms with Crippen LogP contribution >= 0.6 is 24.0 Å². The van der Waals surface area contributed by atoms with Crippen LogP contribution in [0.25, 0.3) is 0 Å². The molecule has 1 unspecified atom stereocenters. The van der Waals surface area contributed by atoms with E-state index in [0.29, 0.717) is 18.9 Å². The Bertz CT molecular complexity index is 530. The van der Waals surface area contributed by atoms with Crippen molar-refractivity contribution in [1.82, 2.24) is 10.6 Å². The number of hydrogen-bond acceptors (Lipinski definition) is 4. The van der Waals surface area contributed by atoms with E-state index in [1.165, 1.54) is 6.26 Å². The van der Waals surface area contributed by atoms with Gasteiger partial charge in [0.1, 0.15) is 15.6 Å². The maximum atomic E-state index is 11.2. The van der Waals surface area contributed by atoms with Crippen LogP contribution in [0.2, 0.25) is 0 Å². The molecule has 1 atom stereocenters. The third-order valence-electron chi connectivity index (χ3n) is 2.86. The smallest absolute Gasteiger partial charge is 0.191 e. The van der Waals surface area contributed by atoms with Crippen molar-refractivity contribution >= 4 is 39.8 Å². The summed E-state index contributed by atoms with van der Waals surface area (Å²) in [5.41, 5.74) is 0. The number of hydrogen-bond donors (Lipinski definition) is 2. The van der Waals surface area contributed by atoms with Gasteiger partial charge in [0.25, 0.3) is 0 Å². The highest BCUT2D eigenvalue weighted by Gasteiger charge is 2.09. The average molecular weight is 443 g/mol. The fourth-order valence-corrected chi connectivity index (χ4v) is 2.53. The lowest BCUT2D eigenvalue weighted by Gasteiger charge is -2.17. The predicted molar refractivity (Wildman–Crippen MR) is 101 cm³/mol. The lowest BCUT2D eigenvalue weighted by molar-refractivity contribution is 0.510. The Hall–Kier alpha value is -0.770. The first-order chi connectivity index (χ1) is 9.90. The van der Waals surface area contributed by atoms with Crippen molar-refractivity contribution in [3.63, 3.8) is 0 Å². The predicted octanol–water partition coefficient (Wildman–Crippen LogP) is 1.82. The second-order valence-corrected chi connectivity index (χ2v) is 7.31. The minimum atomic E-state index is -2.93. The molecule has 0 aliphatic carbocycles. The Morgan fingerprint density at radius 1 is 1.45 bits per heavy atom. The van der Waals surface area contributed by atoms with E-state index in [1.54, 1.807) is 6.26 Å². The van der Waals surface area contributed by atoms with Crippen LogP contribution in [0.5, 0.6) is 0 Å². The van der Waals surface area contributed by atoms with Crippen LogP contribution in [0.1, 0.15) is 26.0 Å². The molecule has 2 N–H and O–H groups in total. The largest absolute Gasteiger partial charge is 0.469 e. The zero-order valence-electron chi connectivity index (χ0n) is 13.3. The van der Waals surface area contributed by atoms with E-state index in [0.717, 1.165) is 18.7 Å². The Morgan fingerprint density at radius 2 is 2.18 bits per heavy atom. The maximum Gasteiger partial charge on any atom is 0.191 e. The van der Waals surface area contributed by atoms with Gasteiger partial charge in [-0.15, -0.1) is 24.0 Å². The van der Waals surface area contributed by atoms with Crippen molar-refractivity contribution in [1.29, 1.82) is 0 Å². The molecule has 0 aliphatic rings. The fraction of sp³-hybridized carbons (Fsp3) is 0.643. The number of nitrogens with one attached hydrogen (secondary N) is 2. The van der Waals surface area contributed by atoms with Crippen LogP contribution in [-0.4, -0.2) is 45.5 Å². The first kappa shape index (κ1) is 21.2. The van der Waals surface area contributed by atoms with Gasteiger partial charge < -0.3 is 15.1 Å². The highest BCUT2D eigenvalue weighted by atomic mass is 127. The molecule has 0 spiro atoms. The summed E-state index contributed by atoms with van der Waals surface area (Å²) in [4.78, 5) is 4.46. The van der Waals surface area contributed by atoms with E-state index >= 15 is 0 Å². The number of halogens is 1. The molecule has 1 rings (SSSR count). The molecular formula is C14H26IN3O3S. The molecule has 1 heterocycles. The van der Waals surface area contributed by atoms with Gasteiger partial charge in [-0.3, -0.25) is 4.99 Å². The van der Waals surface area contributed by atoms with E-state index < -0.39 is 9.84 Å². The molecule has 0 fully saturated rings. The van der Waals surface area contributed by atoms with Gasteiger partial charge in [0.05, 0.1) is 12.0 Å². The number of sulfone groups is 1. The monoisotopic (exact) mass is 443 g/mol. The van der Waals surface area contributed by atoms with Crippen LogP contribution < -0.4 is 10.6 Å². The van der Waals surface area contributed by atoms with Gasteiger partial charge >= 0.3 is 0 Å². The minimum Gasteiger partial charge on any atom is -0.469 e. The molecular weight excluding hydrogens is 417 g/mol. The summed E-state index contributed by atoms with van der Waals surface area (Å²) < 4.78 is 27.6. The van der Waals surface area contributed by atoms with E-state index in [9.17, 15) is 8.42 Å². The van der Waals surface area contributed by atoms with Gasteiger partial charge in [0.15, 0.2) is 5.96 Å². The van der Waals surface area contributed by atoms with Crippen molar-refractivity contribution in [3.8, 4) is 0 Å². The lowest BCUT2D eigenvalue weighted by atomic mass is 10.3. The second-order valence-electron chi connectivity index (χ2n) is 5.05. The summed E-state index contributed by atoms with van der Waals surface area (Å²) in [5, 5.41) is 6.36. The molecule has 0 saturated heterocycles. The van der Waals surface area contributed by atoms with Crippen molar-refractivity contribution in [2.45, 2.75) is 32.7 Å². The Balaban J connectivity index is 0.00000441. The summed E-state index contributed by atoms with van der Waals surface area (Å²) in [6, 6.07) is 3.82. The quantitative estimate of drug-likeness (QED) is 0.364. The molecule has 128 valence electrons. The fourth-order valence-electron chi connectivity index (χ4n) is 1.75. The molecule has 6 nitrogen and oxygen atoms in total. The number of furan rings is 1. The second kappa shape index (κ2) is 10.9. The average Bonchev–Trinajstić information content (AvgIpc) is 2.89. The van der Waals surface area contributed by atoms with Gasteiger partial charge in [-0.25, -0.2) is 8.42 Å². The molecule has 0 amide bonds. The molecule has 0 radical (unpaired) electrons. The highest BCUT2D eigenvalue weighted by molar-refractivity contribution is 14.0. The van der Waals surface area contributed by atoms with Crippen LogP contribution in [0, 0.1) is 0 Å². The van der Waals surface area contributed by atoms with Crippen molar-refractivity contribution in [2.24, 2.45) is 4.99 Å². The number of rotatable bonds is 8. The first-order valence-corrected chi connectivity index (χ1v) is 9.21. The summed E-state index contributed by atoms with van der Waals surface area (Å²) >= 11 is 0. The summed E-state index contributed by atoms with van der Waals surface area (Å²) in [6.07, 6.45) is 4.20. The topological polar surface area (TPSA) is 83.7 Å². The van der Waals surface area contributed by atoms with Gasteiger partial charge in [0.2, 0.25) is 0 Å².